The quantitative estimate of drug-likeness (QED) is 0.793. The number of nitrogens with two attached hydrogens (primary N) is 1. The van der Waals surface area contributed by atoms with Gasteiger partial charge in [0.15, 0.2) is 11.5 Å². The SMILES string of the molecule is Nc1cc2c(cc1Nc1ccc(Br)c(Cl)c1)OCCO2. The van der Waals surface area contributed by atoms with Crippen LogP contribution in [-0.4, -0.2) is 13.2 Å². The Kier molecular flexibility index (Phi) is 3.63. The predicted octanol–water partition coefficient (Wildman–Crippen LogP) is 4.20. The van der Waals surface area contributed by atoms with Crippen LogP contribution >= 0.6 is 27.5 Å². The lowest BCUT2D eigenvalue weighted by Crippen LogP contribution is -2.15. The monoisotopic (exact) mass is 354 g/mol. The van der Waals surface area contributed by atoms with E-state index in [2.05, 4.69) is 21.2 Å². The molecule has 0 bridgehead atoms. The number of nitrogen functional groups attached to an aromatic ring is 1. The van der Waals surface area contributed by atoms with E-state index in [0.717, 1.165) is 15.8 Å². The Hall–Kier alpha value is -1.59. The second-order valence-electron chi connectivity index (χ2n) is 4.34. The van der Waals surface area contributed by atoms with Crippen LogP contribution in [0.3, 0.4) is 0 Å². The predicted molar refractivity (Wildman–Crippen MR) is 84.3 cm³/mol. The van der Waals surface area contributed by atoms with Gasteiger partial charge in [-0.1, -0.05) is 11.6 Å². The summed E-state index contributed by atoms with van der Waals surface area (Å²) in [6.45, 7) is 1.09. The summed E-state index contributed by atoms with van der Waals surface area (Å²) in [5, 5.41) is 3.86. The molecule has 0 saturated heterocycles. The number of fused-ring (bicyclic) bond motifs is 1. The highest BCUT2D eigenvalue weighted by Crippen LogP contribution is 2.38. The second-order valence-corrected chi connectivity index (χ2v) is 5.60. The first-order valence-corrected chi connectivity index (χ1v) is 7.22. The summed E-state index contributed by atoms with van der Waals surface area (Å²) in [5.74, 6) is 1.37. The number of halogens is 2. The summed E-state index contributed by atoms with van der Waals surface area (Å²) in [7, 11) is 0. The number of anilines is 3. The first kappa shape index (κ1) is 13.4. The lowest BCUT2D eigenvalue weighted by Gasteiger charge is -2.20. The van der Waals surface area contributed by atoms with Crippen LogP contribution in [0, 0.1) is 0 Å². The second kappa shape index (κ2) is 5.42. The Labute approximate surface area is 130 Å². The maximum absolute atomic E-state index is 6.07. The van der Waals surface area contributed by atoms with Crippen molar-refractivity contribution in [3.05, 3.63) is 39.8 Å². The number of hydrogen-bond acceptors (Lipinski definition) is 4. The molecule has 20 heavy (non-hydrogen) atoms. The van der Waals surface area contributed by atoms with Gasteiger partial charge >= 0.3 is 0 Å². The van der Waals surface area contributed by atoms with Crippen LogP contribution in [0.1, 0.15) is 0 Å². The fourth-order valence-electron chi connectivity index (χ4n) is 1.94. The van der Waals surface area contributed by atoms with E-state index in [1.54, 1.807) is 6.07 Å². The molecular formula is C14H12BrClN2O2. The lowest BCUT2D eigenvalue weighted by molar-refractivity contribution is 0.172. The topological polar surface area (TPSA) is 56.5 Å². The van der Waals surface area contributed by atoms with Gasteiger partial charge < -0.3 is 20.5 Å². The van der Waals surface area contributed by atoms with Gasteiger partial charge in [0.25, 0.3) is 0 Å². The van der Waals surface area contributed by atoms with Gasteiger partial charge in [-0.15, -0.1) is 0 Å². The van der Waals surface area contributed by atoms with Crippen LogP contribution in [0.15, 0.2) is 34.8 Å². The van der Waals surface area contributed by atoms with E-state index in [1.807, 2.05) is 24.3 Å². The fraction of sp³-hybridized carbons (Fsp3) is 0.143. The van der Waals surface area contributed by atoms with Gasteiger partial charge in [-0.25, -0.2) is 0 Å². The van der Waals surface area contributed by atoms with E-state index in [4.69, 9.17) is 26.8 Å². The van der Waals surface area contributed by atoms with E-state index in [1.165, 1.54) is 0 Å². The molecule has 0 unspecified atom stereocenters. The van der Waals surface area contributed by atoms with Gasteiger partial charge in [0.1, 0.15) is 13.2 Å². The highest BCUT2D eigenvalue weighted by Gasteiger charge is 2.14. The van der Waals surface area contributed by atoms with E-state index in [0.29, 0.717) is 35.4 Å². The smallest absolute Gasteiger partial charge is 0.163 e. The maximum atomic E-state index is 6.07. The molecule has 2 aromatic carbocycles. The molecule has 1 heterocycles. The summed E-state index contributed by atoms with van der Waals surface area (Å²) in [6, 6.07) is 9.20. The van der Waals surface area contributed by atoms with Gasteiger partial charge in [0.2, 0.25) is 0 Å². The molecule has 4 nitrogen and oxygen atoms in total. The van der Waals surface area contributed by atoms with Crippen molar-refractivity contribution in [3.8, 4) is 11.5 Å². The van der Waals surface area contributed by atoms with Crippen molar-refractivity contribution >= 4 is 44.6 Å². The molecule has 0 spiro atoms. The first-order chi connectivity index (χ1) is 9.63. The summed E-state index contributed by atoms with van der Waals surface area (Å²) in [6.07, 6.45) is 0. The summed E-state index contributed by atoms with van der Waals surface area (Å²) in [4.78, 5) is 0. The van der Waals surface area contributed by atoms with Gasteiger partial charge in [-0.2, -0.15) is 0 Å². The Morgan fingerprint density at radius 2 is 1.80 bits per heavy atom. The van der Waals surface area contributed by atoms with Crippen molar-refractivity contribution < 1.29 is 9.47 Å². The fourth-order valence-corrected chi connectivity index (χ4v) is 2.37. The first-order valence-electron chi connectivity index (χ1n) is 6.04. The number of rotatable bonds is 2. The molecule has 0 fully saturated rings. The lowest BCUT2D eigenvalue weighted by atomic mass is 10.2. The summed E-state index contributed by atoms with van der Waals surface area (Å²) >= 11 is 9.43. The highest BCUT2D eigenvalue weighted by molar-refractivity contribution is 9.10. The van der Waals surface area contributed by atoms with Crippen LogP contribution < -0.4 is 20.5 Å². The molecule has 3 N–H and O–H groups in total. The maximum Gasteiger partial charge on any atom is 0.163 e. The van der Waals surface area contributed by atoms with Crippen molar-refractivity contribution in [1.29, 1.82) is 0 Å². The van der Waals surface area contributed by atoms with Crippen LogP contribution in [0.5, 0.6) is 11.5 Å². The minimum absolute atomic E-state index is 0.542. The van der Waals surface area contributed by atoms with E-state index >= 15 is 0 Å². The molecule has 104 valence electrons. The Morgan fingerprint density at radius 3 is 2.50 bits per heavy atom. The molecule has 0 amide bonds. The Bertz CT molecular complexity index is 664. The van der Waals surface area contributed by atoms with Crippen LogP contribution in [0.4, 0.5) is 17.1 Å². The van der Waals surface area contributed by atoms with Gasteiger partial charge in [-0.05, 0) is 34.1 Å². The molecule has 6 heteroatoms. The Balaban J connectivity index is 1.92. The molecule has 1 aliphatic heterocycles. The molecule has 0 radical (unpaired) electrons. The number of nitrogens with one attached hydrogen (secondary N) is 1. The largest absolute Gasteiger partial charge is 0.486 e. The molecule has 0 saturated carbocycles. The third-order valence-electron chi connectivity index (χ3n) is 2.91. The van der Waals surface area contributed by atoms with Crippen molar-refractivity contribution in [2.75, 3.05) is 24.3 Å². The molecule has 1 aliphatic rings. The molecule has 2 aromatic rings. The van der Waals surface area contributed by atoms with E-state index in [-0.39, 0.29) is 0 Å². The Morgan fingerprint density at radius 1 is 1.10 bits per heavy atom. The number of hydrogen-bond donors (Lipinski definition) is 2. The molecule has 3 rings (SSSR count). The average Bonchev–Trinajstić information content (AvgIpc) is 2.44. The zero-order chi connectivity index (χ0) is 14.1. The minimum Gasteiger partial charge on any atom is -0.486 e. The average molecular weight is 356 g/mol. The molecular weight excluding hydrogens is 344 g/mol. The van der Waals surface area contributed by atoms with Crippen molar-refractivity contribution in [2.24, 2.45) is 0 Å². The molecule has 0 atom stereocenters. The number of ether oxygens (including phenoxy) is 2. The van der Waals surface area contributed by atoms with Crippen LogP contribution in [0.2, 0.25) is 5.02 Å². The normalized spacial score (nSPS) is 13.1. The van der Waals surface area contributed by atoms with Gasteiger partial charge in [0.05, 0.1) is 16.4 Å². The van der Waals surface area contributed by atoms with Crippen molar-refractivity contribution in [2.45, 2.75) is 0 Å². The third-order valence-corrected chi connectivity index (χ3v) is 4.15. The van der Waals surface area contributed by atoms with Gasteiger partial charge in [-0.3, -0.25) is 0 Å². The van der Waals surface area contributed by atoms with Crippen molar-refractivity contribution in [1.82, 2.24) is 0 Å². The molecule has 0 aliphatic carbocycles. The number of benzene rings is 2. The zero-order valence-corrected chi connectivity index (χ0v) is 12.8. The standard InChI is InChI=1S/C14H12BrClN2O2/c15-9-2-1-8(5-10(9)16)18-12-7-14-13(6-11(12)17)19-3-4-20-14/h1-2,5-7,18H,3-4,17H2. The van der Waals surface area contributed by atoms with Gasteiger partial charge in [0, 0.05) is 22.3 Å². The van der Waals surface area contributed by atoms with Crippen molar-refractivity contribution in [3.63, 3.8) is 0 Å². The third kappa shape index (κ3) is 2.64. The summed E-state index contributed by atoms with van der Waals surface area (Å²) in [5.41, 5.74) is 8.22. The summed E-state index contributed by atoms with van der Waals surface area (Å²) < 4.78 is 11.9. The zero-order valence-electron chi connectivity index (χ0n) is 10.5. The van der Waals surface area contributed by atoms with Crippen LogP contribution in [-0.2, 0) is 0 Å². The van der Waals surface area contributed by atoms with E-state index in [9.17, 15) is 0 Å². The minimum atomic E-state index is 0.542. The molecule has 0 aromatic heterocycles. The van der Waals surface area contributed by atoms with Crippen LogP contribution in [0.25, 0.3) is 0 Å². The highest BCUT2D eigenvalue weighted by atomic mass is 79.9. The van der Waals surface area contributed by atoms with E-state index < -0.39 is 0 Å².